The molecule has 1 heterocycles. The molecule has 0 bridgehead atoms. The predicted molar refractivity (Wildman–Crippen MR) is 60.0 cm³/mol. The molecule has 1 saturated carbocycles. The monoisotopic (exact) mass is 208 g/mol. The zero-order chi connectivity index (χ0) is 10.5. The Morgan fingerprint density at radius 1 is 1.40 bits per heavy atom. The van der Waals surface area contributed by atoms with Gasteiger partial charge in [-0.3, -0.25) is 0 Å². The van der Waals surface area contributed by atoms with Crippen molar-refractivity contribution in [3.8, 4) is 0 Å². The summed E-state index contributed by atoms with van der Waals surface area (Å²) in [6.45, 7) is 0.969. The molecule has 0 unspecified atom stereocenters. The quantitative estimate of drug-likeness (QED) is 0.826. The lowest BCUT2D eigenvalue weighted by molar-refractivity contribution is 0.363. The van der Waals surface area contributed by atoms with Crippen molar-refractivity contribution in [1.82, 2.24) is 10.3 Å². The lowest BCUT2D eigenvalue weighted by Gasteiger charge is -2.17. The Labute approximate surface area is 91.3 Å². The molecule has 1 aromatic rings. The largest absolute Gasteiger partial charge is 0.448 e. The Morgan fingerprint density at radius 3 is 2.93 bits per heavy atom. The van der Waals surface area contributed by atoms with Crippen LogP contribution in [0.3, 0.4) is 0 Å². The smallest absolute Gasteiger partial charge is 0.197 e. The van der Waals surface area contributed by atoms with E-state index in [0.29, 0.717) is 5.92 Å². The molecule has 1 fully saturated rings. The number of oxazole rings is 1. The fraction of sp³-hybridized carbons (Fsp3) is 0.750. The van der Waals surface area contributed by atoms with E-state index < -0.39 is 0 Å². The fourth-order valence-corrected chi connectivity index (χ4v) is 2.23. The normalized spacial score (nSPS) is 18.2. The fourth-order valence-electron chi connectivity index (χ4n) is 2.23. The van der Waals surface area contributed by atoms with Gasteiger partial charge in [0.05, 0.1) is 5.69 Å². The molecular formula is C12H20N2O. The van der Waals surface area contributed by atoms with E-state index >= 15 is 0 Å². The van der Waals surface area contributed by atoms with Gasteiger partial charge >= 0.3 is 0 Å². The molecule has 0 aliphatic heterocycles. The van der Waals surface area contributed by atoms with Crippen LogP contribution in [0.2, 0.25) is 0 Å². The zero-order valence-electron chi connectivity index (χ0n) is 9.46. The molecular weight excluding hydrogens is 188 g/mol. The van der Waals surface area contributed by atoms with Crippen molar-refractivity contribution in [2.75, 3.05) is 13.6 Å². The lowest BCUT2D eigenvalue weighted by atomic mass is 9.89. The van der Waals surface area contributed by atoms with Gasteiger partial charge in [0, 0.05) is 18.9 Å². The van der Waals surface area contributed by atoms with Crippen LogP contribution in [-0.2, 0) is 6.42 Å². The van der Waals surface area contributed by atoms with Gasteiger partial charge in [0.15, 0.2) is 5.89 Å². The first-order chi connectivity index (χ1) is 7.40. The van der Waals surface area contributed by atoms with E-state index in [4.69, 9.17) is 4.42 Å². The molecule has 0 spiro atoms. The van der Waals surface area contributed by atoms with Crippen molar-refractivity contribution in [2.45, 2.75) is 44.4 Å². The summed E-state index contributed by atoms with van der Waals surface area (Å²) < 4.78 is 5.56. The highest BCUT2D eigenvalue weighted by Gasteiger charge is 2.19. The number of aromatic nitrogens is 1. The van der Waals surface area contributed by atoms with E-state index in [0.717, 1.165) is 24.6 Å². The van der Waals surface area contributed by atoms with Gasteiger partial charge in [0.1, 0.15) is 6.26 Å². The summed E-state index contributed by atoms with van der Waals surface area (Å²) in [6.07, 6.45) is 9.34. The molecule has 3 nitrogen and oxygen atoms in total. The van der Waals surface area contributed by atoms with Crippen LogP contribution in [0.1, 0.15) is 49.6 Å². The number of nitrogens with zero attached hydrogens (tertiary/aromatic N) is 1. The van der Waals surface area contributed by atoms with E-state index in [2.05, 4.69) is 10.3 Å². The summed E-state index contributed by atoms with van der Waals surface area (Å²) in [7, 11) is 1.96. The molecule has 1 aliphatic carbocycles. The van der Waals surface area contributed by atoms with Crippen LogP contribution in [0.4, 0.5) is 0 Å². The first kappa shape index (κ1) is 10.7. The predicted octanol–water partition coefficient (Wildman–Crippen LogP) is 2.48. The summed E-state index contributed by atoms with van der Waals surface area (Å²) >= 11 is 0. The second-order valence-corrected chi connectivity index (χ2v) is 4.37. The highest BCUT2D eigenvalue weighted by atomic mass is 16.3. The van der Waals surface area contributed by atoms with Crippen molar-refractivity contribution >= 4 is 0 Å². The van der Waals surface area contributed by atoms with Gasteiger partial charge in [0.25, 0.3) is 0 Å². The molecule has 0 aromatic carbocycles. The average molecular weight is 208 g/mol. The van der Waals surface area contributed by atoms with Gasteiger partial charge in [0.2, 0.25) is 0 Å². The highest BCUT2D eigenvalue weighted by molar-refractivity contribution is 5.02. The Bertz CT molecular complexity index is 290. The lowest BCUT2D eigenvalue weighted by Crippen LogP contribution is -2.10. The molecule has 1 aliphatic rings. The van der Waals surface area contributed by atoms with E-state index in [1.54, 1.807) is 0 Å². The minimum atomic E-state index is 0.585. The molecule has 0 radical (unpaired) electrons. The summed E-state index contributed by atoms with van der Waals surface area (Å²) in [5.74, 6) is 1.56. The molecule has 84 valence electrons. The molecule has 3 heteroatoms. The summed E-state index contributed by atoms with van der Waals surface area (Å²) in [5, 5.41) is 3.12. The van der Waals surface area contributed by atoms with Crippen LogP contribution in [-0.4, -0.2) is 18.6 Å². The zero-order valence-corrected chi connectivity index (χ0v) is 9.46. The first-order valence-electron chi connectivity index (χ1n) is 5.99. The third kappa shape index (κ3) is 2.81. The maximum atomic E-state index is 5.56. The Morgan fingerprint density at radius 2 is 2.20 bits per heavy atom. The van der Waals surface area contributed by atoms with Gasteiger partial charge in [-0.05, 0) is 19.9 Å². The van der Waals surface area contributed by atoms with Crippen LogP contribution in [0, 0.1) is 0 Å². The van der Waals surface area contributed by atoms with E-state index in [1.807, 2.05) is 13.3 Å². The Balaban J connectivity index is 1.93. The van der Waals surface area contributed by atoms with Crippen LogP contribution in [0.5, 0.6) is 0 Å². The van der Waals surface area contributed by atoms with Crippen molar-refractivity contribution < 1.29 is 4.42 Å². The number of rotatable bonds is 4. The average Bonchev–Trinajstić information content (AvgIpc) is 2.76. The van der Waals surface area contributed by atoms with E-state index in [-0.39, 0.29) is 0 Å². The van der Waals surface area contributed by atoms with Gasteiger partial charge < -0.3 is 9.73 Å². The van der Waals surface area contributed by atoms with E-state index in [9.17, 15) is 0 Å². The number of hydrogen-bond acceptors (Lipinski definition) is 3. The minimum Gasteiger partial charge on any atom is -0.448 e. The van der Waals surface area contributed by atoms with Crippen molar-refractivity contribution in [3.05, 3.63) is 17.8 Å². The minimum absolute atomic E-state index is 0.585. The highest BCUT2D eigenvalue weighted by Crippen LogP contribution is 2.31. The third-order valence-electron chi connectivity index (χ3n) is 3.16. The maximum Gasteiger partial charge on any atom is 0.197 e. The van der Waals surface area contributed by atoms with Crippen LogP contribution >= 0.6 is 0 Å². The molecule has 0 atom stereocenters. The SMILES string of the molecule is CNCCc1coc(C2CCCCC2)n1. The summed E-state index contributed by atoms with van der Waals surface area (Å²) in [5.41, 5.74) is 1.09. The van der Waals surface area contributed by atoms with Gasteiger partial charge in [-0.1, -0.05) is 19.3 Å². The van der Waals surface area contributed by atoms with Crippen molar-refractivity contribution in [2.24, 2.45) is 0 Å². The standard InChI is InChI=1S/C12H20N2O/c1-13-8-7-11-9-15-12(14-11)10-5-3-2-4-6-10/h9-10,13H,2-8H2,1H3. The van der Waals surface area contributed by atoms with E-state index in [1.165, 1.54) is 32.1 Å². The number of hydrogen-bond donors (Lipinski definition) is 1. The topological polar surface area (TPSA) is 38.1 Å². The Kier molecular flexibility index (Phi) is 3.78. The molecule has 1 aromatic heterocycles. The first-order valence-corrected chi connectivity index (χ1v) is 5.99. The molecule has 0 saturated heterocycles. The number of nitrogens with one attached hydrogen (secondary N) is 1. The second-order valence-electron chi connectivity index (χ2n) is 4.37. The van der Waals surface area contributed by atoms with Crippen LogP contribution in [0.25, 0.3) is 0 Å². The van der Waals surface area contributed by atoms with Crippen molar-refractivity contribution in [3.63, 3.8) is 0 Å². The molecule has 15 heavy (non-hydrogen) atoms. The van der Waals surface area contributed by atoms with Gasteiger partial charge in [-0.25, -0.2) is 4.98 Å². The van der Waals surface area contributed by atoms with Crippen LogP contribution in [0.15, 0.2) is 10.7 Å². The molecule has 0 amide bonds. The van der Waals surface area contributed by atoms with Gasteiger partial charge in [-0.2, -0.15) is 0 Å². The van der Waals surface area contributed by atoms with Crippen LogP contribution < -0.4 is 5.32 Å². The maximum absolute atomic E-state index is 5.56. The van der Waals surface area contributed by atoms with Crippen molar-refractivity contribution in [1.29, 1.82) is 0 Å². The summed E-state index contributed by atoms with van der Waals surface area (Å²) in [4.78, 5) is 4.56. The Hall–Kier alpha value is -0.830. The molecule has 2 rings (SSSR count). The molecule has 1 N–H and O–H groups in total. The van der Waals surface area contributed by atoms with Gasteiger partial charge in [-0.15, -0.1) is 0 Å². The third-order valence-corrected chi connectivity index (χ3v) is 3.16. The summed E-state index contributed by atoms with van der Waals surface area (Å²) in [6, 6.07) is 0. The second kappa shape index (κ2) is 5.31. The number of likely N-dealkylation sites (N-methyl/N-ethyl adjacent to an activating group) is 1.